The Hall–Kier alpha value is -5.06. The molecule has 1 heterocycles. The highest BCUT2D eigenvalue weighted by atomic mass is 32.2. The van der Waals surface area contributed by atoms with E-state index in [-0.39, 0.29) is 10.8 Å². The Labute approximate surface area is 224 Å². The molecule has 1 aromatic heterocycles. The number of hydrogen-bond acceptors (Lipinski definition) is 8. The van der Waals surface area contributed by atoms with Gasteiger partial charge < -0.3 is 16.0 Å². The lowest BCUT2D eigenvalue weighted by Gasteiger charge is -2.12. The van der Waals surface area contributed by atoms with Crippen LogP contribution < -0.4 is 16.0 Å². The number of anilines is 6. The Morgan fingerprint density at radius 1 is 0.487 bits per heavy atom. The first-order valence-corrected chi connectivity index (χ1v) is 13.5. The maximum atomic E-state index is 11.4. The van der Waals surface area contributed by atoms with Crippen LogP contribution in [0.5, 0.6) is 0 Å². The third kappa shape index (κ3) is 5.61. The molecule has 4 N–H and O–H groups in total. The molecule has 9 nitrogen and oxygen atoms in total. The maximum Gasteiger partial charge on any atom is 0.294 e. The summed E-state index contributed by atoms with van der Waals surface area (Å²) in [5.74, 6) is 0.845. The topological polar surface area (TPSA) is 129 Å². The van der Waals surface area contributed by atoms with Crippen LogP contribution >= 0.6 is 0 Å². The van der Waals surface area contributed by atoms with Gasteiger partial charge in [0.1, 0.15) is 0 Å². The van der Waals surface area contributed by atoms with Crippen molar-refractivity contribution in [2.45, 2.75) is 4.90 Å². The Bertz CT molecular complexity index is 1830. The molecule has 0 atom stereocenters. The van der Waals surface area contributed by atoms with Gasteiger partial charge in [-0.3, -0.25) is 4.55 Å². The molecule has 0 saturated heterocycles. The van der Waals surface area contributed by atoms with Crippen molar-refractivity contribution in [2.75, 3.05) is 16.0 Å². The predicted molar refractivity (Wildman–Crippen MR) is 154 cm³/mol. The quantitative estimate of drug-likeness (QED) is 0.166. The summed E-state index contributed by atoms with van der Waals surface area (Å²) < 4.78 is 32.0. The number of aromatic nitrogens is 3. The molecule has 6 aromatic rings. The first kappa shape index (κ1) is 24.3. The molecule has 0 aliphatic carbocycles. The SMILES string of the molecule is O=S(=O)(O)c1ccc(Nc2nc(Nc3ccc4ccccc4c3)nc(Nc3ccc4ccccc4c3)n2)cc1. The van der Waals surface area contributed by atoms with Crippen molar-refractivity contribution in [2.24, 2.45) is 0 Å². The lowest BCUT2D eigenvalue weighted by atomic mass is 10.1. The van der Waals surface area contributed by atoms with Crippen LogP contribution in [0.15, 0.2) is 114 Å². The molecule has 0 unspecified atom stereocenters. The Kier molecular flexibility index (Phi) is 6.23. The molecule has 6 rings (SSSR count). The standard InChI is InChI=1S/C29H22N6O3S/c36-39(37,38)26-15-13-23(14-16-26)30-27-33-28(31-24-11-9-19-5-1-3-7-21(19)17-24)35-29(34-27)32-25-12-10-20-6-2-4-8-22(20)18-25/h1-18H,(H,36,37,38)(H3,30,31,32,33,34,35). The lowest BCUT2D eigenvalue weighted by molar-refractivity contribution is 0.483. The Morgan fingerprint density at radius 3 is 1.31 bits per heavy atom. The molecule has 0 aliphatic heterocycles. The average Bonchev–Trinajstić information content (AvgIpc) is 2.93. The third-order valence-corrected chi connectivity index (χ3v) is 6.92. The van der Waals surface area contributed by atoms with E-state index >= 15 is 0 Å². The fraction of sp³-hybridized carbons (Fsp3) is 0. The number of rotatable bonds is 7. The number of nitrogens with zero attached hydrogens (tertiary/aromatic N) is 3. The van der Waals surface area contributed by atoms with E-state index in [1.807, 2.05) is 84.9 Å². The van der Waals surface area contributed by atoms with Gasteiger partial charge in [0.2, 0.25) is 17.8 Å². The minimum absolute atomic E-state index is 0.207. The van der Waals surface area contributed by atoms with E-state index in [9.17, 15) is 13.0 Å². The van der Waals surface area contributed by atoms with Crippen LogP contribution in [-0.4, -0.2) is 27.9 Å². The van der Waals surface area contributed by atoms with E-state index in [4.69, 9.17) is 0 Å². The average molecular weight is 535 g/mol. The number of nitrogens with one attached hydrogen (secondary N) is 3. The van der Waals surface area contributed by atoms with Crippen LogP contribution in [0.25, 0.3) is 21.5 Å². The first-order valence-electron chi connectivity index (χ1n) is 12.0. The highest BCUT2D eigenvalue weighted by molar-refractivity contribution is 7.85. The van der Waals surface area contributed by atoms with Crippen LogP contribution in [0.1, 0.15) is 0 Å². The monoisotopic (exact) mass is 534 g/mol. The van der Waals surface area contributed by atoms with Crippen LogP contribution in [0.3, 0.4) is 0 Å². The van der Waals surface area contributed by atoms with Crippen LogP contribution in [0, 0.1) is 0 Å². The van der Waals surface area contributed by atoms with Gasteiger partial charge in [0.25, 0.3) is 10.1 Å². The van der Waals surface area contributed by atoms with Crippen molar-refractivity contribution in [3.8, 4) is 0 Å². The zero-order valence-corrected chi connectivity index (χ0v) is 21.2. The molecule has 0 spiro atoms. The van der Waals surface area contributed by atoms with Crippen LogP contribution in [0.4, 0.5) is 34.9 Å². The molecule has 0 aliphatic rings. The van der Waals surface area contributed by atoms with E-state index in [0.29, 0.717) is 17.6 Å². The maximum absolute atomic E-state index is 11.4. The van der Waals surface area contributed by atoms with Gasteiger partial charge in [-0.05, 0) is 70.1 Å². The summed E-state index contributed by atoms with van der Waals surface area (Å²) in [6.07, 6.45) is 0. The van der Waals surface area contributed by atoms with E-state index in [1.165, 1.54) is 24.3 Å². The van der Waals surface area contributed by atoms with E-state index < -0.39 is 10.1 Å². The molecule has 39 heavy (non-hydrogen) atoms. The largest absolute Gasteiger partial charge is 0.324 e. The van der Waals surface area contributed by atoms with Crippen molar-refractivity contribution in [3.63, 3.8) is 0 Å². The predicted octanol–water partition coefficient (Wildman–Crippen LogP) is 6.66. The molecular formula is C29H22N6O3S. The van der Waals surface area contributed by atoms with Gasteiger partial charge in [-0.1, -0.05) is 60.7 Å². The van der Waals surface area contributed by atoms with Crippen molar-refractivity contribution in [3.05, 3.63) is 109 Å². The summed E-state index contributed by atoms with van der Waals surface area (Å²) in [4.78, 5) is 13.4. The summed E-state index contributed by atoms with van der Waals surface area (Å²) in [6, 6.07) is 33.7. The zero-order valence-electron chi connectivity index (χ0n) is 20.4. The van der Waals surface area contributed by atoms with E-state index in [1.54, 1.807) is 0 Å². The van der Waals surface area contributed by atoms with E-state index in [0.717, 1.165) is 32.9 Å². The van der Waals surface area contributed by atoms with Gasteiger partial charge in [-0.25, -0.2) is 0 Å². The molecule has 192 valence electrons. The van der Waals surface area contributed by atoms with E-state index in [2.05, 4.69) is 30.9 Å². The molecule has 0 radical (unpaired) electrons. The lowest BCUT2D eigenvalue weighted by Crippen LogP contribution is -2.07. The van der Waals surface area contributed by atoms with Gasteiger partial charge in [0.15, 0.2) is 0 Å². The van der Waals surface area contributed by atoms with Crippen LogP contribution in [0.2, 0.25) is 0 Å². The normalized spacial score (nSPS) is 11.4. The highest BCUT2D eigenvalue weighted by Gasteiger charge is 2.11. The van der Waals surface area contributed by atoms with Gasteiger partial charge in [0, 0.05) is 17.1 Å². The van der Waals surface area contributed by atoms with Crippen molar-refractivity contribution >= 4 is 66.6 Å². The summed E-state index contributed by atoms with van der Waals surface area (Å²) in [6.45, 7) is 0. The minimum atomic E-state index is -4.30. The molecule has 0 amide bonds. The molecule has 0 fully saturated rings. The minimum Gasteiger partial charge on any atom is -0.324 e. The molecule has 0 bridgehead atoms. The highest BCUT2D eigenvalue weighted by Crippen LogP contribution is 2.25. The van der Waals surface area contributed by atoms with Crippen molar-refractivity contribution in [1.82, 2.24) is 15.0 Å². The molecule has 5 aromatic carbocycles. The van der Waals surface area contributed by atoms with Crippen molar-refractivity contribution in [1.29, 1.82) is 0 Å². The number of hydrogen-bond donors (Lipinski definition) is 4. The summed E-state index contributed by atoms with van der Waals surface area (Å²) in [5, 5.41) is 14.0. The summed E-state index contributed by atoms with van der Waals surface area (Å²) >= 11 is 0. The fourth-order valence-electron chi connectivity index (χ4n) is 4.18. The number of fused-ring (bicyclic) bond motifs is 2. The van der Waals surface area contributed by atoms with Gasteiger partial charge in [-0.2, -0.15) is 23.4 Å². The first-order chi connectivity index (χ1) is 18.9. The fourth-order valence-corrected chi connectivity index (χ4v) is 4.66. The molecular weight excluding hydrogens is 512 g/mol. The van der Waals surface area contributed by atoms with Crippen molar-refractivity contribution < 1.29 is 13.0 Å². The summed E-state index contributed by atoms with van der Waals surface area (Å²) in [5.41, 5.74) is 2.14. The third-order valence-electron chi connectivity index (χ3n) is 6.05. The second-order valence-electron chi connectivity index (χ2n) is 8.80. The number of benzene rings is 5. The smallest absolute Gasteiger partial charge is 0.294 e. The van der Waals surface area contributed by atoms with Crippen LogP contribution in [-0.2, 0) is 10.1 Å². The van der Waals surface area contributed by atoms with Gasteiger partial charge >= 0.3 is 0 Å². The Morgan fingerprint density at radius 2 is 0.872 bits per heavy atom. The summed E-state index contributed by atoms with van der Waals surface area (Å²) in [7, 11) is -4.30. The molecule has 0 saturated carbocycles. The second-order valence-corrected chi connectivity index (χ2v) is 10.2. The Balaban J connectivity index is 1.34. The van der Waals surface area contributed by atoms with Gasteiger partial charge in [0.05, 0.1) is 4.90 Å². The molecule has 10 heteroatoms. The van der Waals surface area contributed by atoms with Gasteiger partial charge in [-0.15, -0.1) is 0 Å². The second kappa shape index (κ2) is 10.0. The zero-order chi connectivity index (χ0) is 26.8.